The van der Waals surface area contributed by atoms with Crippen LogP contribution in [0.25, 0.3) is 0 Å². The van der Waals surface area contributed by atoms with Gasteiger partial charge >= 0.3 is 5.69 Å². The van der Waals surface area contributed by atoms with Crippen molar-refractivity contribution in [3.8, 4) is 0 Å². The lowest BCUT2D eigenvalue weighted by Crippen LogP contribution is -2.26. The zero-order valence-electron chi connectivity index (χ0n) is 11.5. The van der Waals surface area contributed by atoms with Crippen LogP contribution in [0.1, 0.15) is 5.56 Å². The van der Waals surface area contributed by atoms with Gasteiger partial charge in [0.05, 0.1) is 18.0 Å². The predicted molar refractivity (Wildman–Crippen MR) is 82.8 cm³/mol. The second-order valence-electron chi connectivity index (χ2n) is 4.62. The molecule has 9 heteroatoms. The van der Waals surface area contributed by atoms with E-state index in [1.807, 2.05) is 24.3 Å². The summed E-state index contributed by atoms with van der Waals surface area (Å²) in [5.41, 5.74) is 7.34. The average molecular weight is 299 g/mol. The van der Waals surface area contributed by atoms with Crippen LogP contribution < -0.4 is 16.4 Å². The van der Waals surface area contributed by atoms with Crippen LogP contribution in [0.5, 0.6) is 0 Å². The number of rotatable bonds is 4. The van der Waals surface area contributed by atoms with Gasteiger partial charge in [-0.15, -0.1) is 0 Å². The van der Waals surface area contributed by atoms with E-state index in [0.717, 1.165) is 23.3 Å². The van der Waals surface area contributed by atoms with E-state index in [0.29, 0.717) is 13.1 Å². The fraction of sp³-hybridized carbons (Fsp3) is 0.154. The number of nitrogens with two attached hydrogens (primary N) is 1. The molecule has 0 amide bonds. The standard InChI is InChI=1S/C13H13N7O2/c14-12-10(20(21)22)6-16-13(19-12)17-7-11-15-5-8-3-1-2-4-9(8)18-11/h1-4,6H,5,7H2,(H,15,18)(H3,14,16,17,19). The molecule has 2 heterocycles. The number of amidine groups is 1. The molecule has 1 aromatic heterocycles. The van der Waals surface area contributed by atoms with Gasteiger partial charge in [0, 0.05) is 5.69 Å². The molecular formula is C13H13N7O2. The molecule has 0 saturated carbocycles. The van der Waals surface area contributed by atoms with Crippen molar-refractivity contribution in [3.05, 3.63) is 46.1 Å². The van der Waals surface area contributed by atoms with Gasteiger partial charge in [-0.25, -0.2) is 4.98 Å². The van der Waals surface area contributed by atoms with E-state index in [-0.39, 0.29) is 17.5 Å². The number of hydrogen-bond donors (Lipinski definition) is 3. The highest BCUT2D eigenvalue weighted by Crippen LogP contribution is 2.20. The number of nitrogens with one attached hydrogen (secondary N) is 2. The van der Waals surface area contributed by atoms with Gasteiger partial charge in [0.15, 0.2) is 0 Å². The van der Waals surface area contributed by atoms with Crippen molar-refractivity contribution >= 4 is 29.0 Å². The maximum absolute atomic E-state index is 10.7. The lowest BCUT2D eigenvalue weighted by molar-refractivity contribution is -0.384. The van der Waals surface area contributed by atoms with Crippen LogP contribution in [-0.2, 0) is 6.54 Å². The number of aliphatic imine (C=N–C) groups is 1. The Morgan fingerprint density at radius 3 is 3.00 bits per heavy atom. The molecule has 22 heavy (non-hydrogen) atoms. The summed E-state index contributed by atoms with van der Waals surface area (Å²) in [6, 6.07) is 7.90. The average Bonchev–Trinajstić information content (AvgIpc) is 2.52. The number of nitro groups is 1. The third kappa shape index (κ3) is 2.77. The minimum Gasteiger partial charge on any atom is -0.378 e. The molecule has 0 spiro atoms. The Labute approximate surface area is 125 Å². The summed E-state index contributed by atoms with van der Waals surface area (Å²) in [6.07, 6.45) is 1.08. The number of fused-ring (bicyclic) bond motifs is 1. The molecule has 112 valence electrons. The van der Waals surface area contributed by atoms with Crippen LogP contribution in [0, 0.1) is 10.1 Å². The van der Waals surface area contributed by atoms with Gasteiger partial charge in [-0.1, -0.05) is 18.2 Å². The molecule has 0 fully saturated rings. The molecule has 0 aliphatic carbocycles. The van der Waals surface area contributed by atoms with Crippen molar-refractivity contribution < 1.29 is 4.92 Å². The Balaban J connectivity index is 1.65. The number of nitrogen functional groups attached to an aromatic ring is 1. The SMILES string of the molecule is Nc1nc(NCC2=NCc3ccccc3N2)ncc1[N+](=O)[O-]. The summed E-state index contributed by atoms with van der Waals surface area (Å²) in [7, 11) is 0. The van der Waals surface area contributed by atoms with Crippen LogP contribution in [0.3, 0.4) is 0 Å². The highest BCUT2D eigenvalue weighted by molar-refractivity contribution is 5.99. The second-order valence-corrected chi connectivity index (χ2v) is 4.62. The third-order valence-electron chi connectivity index (χ3n) is 3.15. The van der Waals surface area contributed by atoms with Gasteiger partial charge in [0.25, 0.3) is 0 Å². The fourth-order valence-corrected chi connectivity index (χ4v) is 2.03. The van der Waals surface area contributed by atoms with Gasteiger partial charge < -0.3 is 16.4 Å². The summed E-state index contributed by atoms with van der Waals surface area (Å²) < 4.78 is 0. The van der Waals surface area contributed by atoms with Crippen molar-refractivity contribution in [2.45, 2.75) is 6.54 Å². The molecule has 1 aliphatic heterocycles. The summed E-state index contributed by atoms with van der Waals surface area (Å²) in [5.74, 6) is 0.775. The zero-order valence-corrected chi connectivity index (χ0v) is 11.5. The first kappa shape index (κ1) is 13.7. The van der Waals surface area contributed by atoms with Crippen molar-refractivity contribution in [3.63, 3.8) is 0 Å². The van der Waals surface area contributed by atoms with E-state index < -0.39 is 4.92 Å². The van der Waals surface area contributed by atoms with E-state index >= 15 is 0 Å². The Morgan fingerprint density at radius 2 is 2.23 bits per heavy atom. The highest BCUT2D eigenvalue weighted by atomic mass is 16.6. The lowest BCUT2D eigenvalue weighted by atomic mass is 10.1. The van der Waals surface area contributed by atoms with Crippen LogP contribution in [0.4, 0.5) is 23.1 Å². The summed E-state index contributed by atoms with van der Waals surface area (Å²) in [4.78, 5) is 22.1. The Bertz CT molecular complexity index is 760. The third-order valence-corrected chi connectivity index (χ3v) is 3.15. The van der Waals surface area contributed by atoms with Crippen LogP contribution in [0.15, 0.2) is 35.5 Å². The summed E-state index contributed by atoms with van der Waals surface area (Å²) >= 11 is 0. The van der Waals surface area contributed by atoms with E-state index in [4.69, 9.17) is 5.73 Å². The van der Waals surface area contributed by atoms with Gasteiger partial charge in [-0.2, -0.15) is 4.98 Å². The molecule has 9 nitrogen and oxygen atoms in total. The normalized spacial score (nSPS) is 12.8. The minimum absolute atomic E-state index is 0.175. The molecule has 0 saturated heterocycles. The first-order valence-electron chi connectivity index (χ1n) is 6.52. The number of aromatic nitrogens is 2. The Morgan fingerprint density at radius 1 is 1.41 bits per heavy atom. The molecule has 2 aromatic rings. The number of benzene rings is 1. The topological polar surface area (TPSA) is 131 Å². The van der Waals surface area contributed by atoms with E-state index in [1.54, 1.807) is 0 Å². The highest BCUT2D eigenvalue weighted by Gasteiger charge is 2.15. The molecule has 3 rings (SSSR count). The van der Waals surface area contributed by atoms with E-state index in [1.165, 1.54) is 0 Å². The first-order chi connectivity index (χ1) is 10.6. The number of anilines is 3. The van der Waals surface area contributed by atoms with E-state index in [9.17, 15) is 10.1 Å². The molecular weight excluding hydrogens is 286 g/mol. The molecule has 1 aromatic carbocycles. The van der Waals surface area contributed by atoms with Crippen molar-refractivity contribution in [2.75, 3.05) is 22.9 Å². The van der Waals surface area contributed by atoms with Gasteiger partial charge in [0.1, 0.15) is 12.0 Å². The Hall–Kier alpha value is -3.23. The molecule has 0 radical (unpaired) electrons. The largest absolute Gasteiger partial charge is 0.378 e. The van der Waals surface area contributed by atoms with E-state index in [2.05, 4.69) is 25.6 Å². The quantitative estimate of drug-likeness (QED) is 0.574. The maximum atomic E-state index is 10.7. The zero-order chi connectivity index (χ0) is 15.5. The van der Waals surface area contributed by atoms with Crippen molar-refractivity contribution in [1.82, 2.24) is 9.97 Å². The molecule has 0 atom stereocenters. The summed E-state index contributed by atoms with van der Waals surface area (Å²) in [5, 5.41) is 16.8. The summed E-state index contributed by atoms with van der Waals surface area (Å²) in [6.45, 7) is 0.967. The lowest BCUT2D eigenvalue weighted by Gasteiger charge is -2.18. The molecule has 0 bridgehead atoms. The Kier molecular flexibility index (Phi) is 3.52. The smallest absolute Gasteiger partial charge is 0.329 e. The fourth-order valence-electron chi connectivity index (χ4n) is 2.03. The van der Waals surface area contributed by atoms with Gasteiger partial charge in [-0.05, 0) is 11.6 Å². The van der Waals surface area contributed by atoms with Crippen molar-refractivity contribution in [2.24, 2.45) is 4.99 Å². The van der Waals surface area contributed by atoms with Gasteiger partial charge in [-0.3, -0.25) is 15.1 Å². The minimum atomic E-state index is -0.622. The molecule has 4 N–H and O–H groups in total. The number of hydrogen-bond acceptors (Lipinski definition) is 8. The number of nitrogens with zero attached hydrogens (tertiary/aromatic N) is 4. The maximum Gasteiger partial charge on any atom is 0.329 e. The monoisotopic (exact) mass is 299 g/mol. The first-order valence-corrected chi connectivity index (χ1v) is 6.52. The number of para-hydroxylation sites is 1. The van der Waals surface area contributed by atoms with Crippen LogP contribution >= 0.6 is 0 Å². The van der Waals surface area contributed by atoms with Crippen LogP contribution in [-0.4, -0.2) is 27.3 Å². The predicted octanol–water partition coefficient (Wildman–Crippen LogP) is 1.40. The van der Waals surface area contributed by atoms with Crippen LogP contribution in [0.2, 0.25) is 0 Å². The molecule has 1 aliphatic rings. The molecule has 0 unspecified atom stereocenters. The van der Waals surface area contributed by atoms with Gasteiger partial charge in [0.2, 0.25) is 11.8 Å². The second kappa shape index (κ2) is 5.64. The van der Waals surface area contributed by atoms with Crippen molar-refractivity contribution in [1.29, 1.82) is 0 Å².